The van der Waals surface area contributed by atoms with Crippen LogP contribution in [0.25, 0.3) is 11.0 Å². The van der Waals surface area contributed by atoms with E-state index in [0.717, 1.165) is 24.6 Å². The second-order valence-corrected chi connectivity index (χ2v) is 7.55. The number of carbonyl (C=O) groups is 1. The third-order valence-corrected chi connectivity index (χ3v) is 5.48. The van der Waals surface area contributed by atoms with E-state index in [-0.39, 0.29) is 6.61 Å². The molecule has 0 saturated carbocycles. The van der Waals surface area contributed by atoms with Gasteiger partial charge in [-0.25, -0.2) is 9.59 Å². The molecule has 0 bridgehead atoms. The van der Waals surface area contributed by atoms with Crippen LogP contribution < -0.4 is 10.4 Å². The zero-order valence-corrected chi connectivity index (χ0v) is 16.8. The molecule has 1 aliphatic rings. The summed E-state index contributed by atoms with van der Waals surface area (Å²) in [6.07, 6.45) is 3.10. The van der Waals surface area contributed by atoms with Gasteiger partial charge in [-0.1, -0.05) is 30.3 Å². The quantitative estimate of drug-likeness (QED) is 0.323. The van der Waals surface area contributed by atoms with Crippen molar-refractivity contribution in [3.8, 4) is 11.5 Å². The minimum atomic E-state index is -0.519. The first kappa shape index (κ1) is 19.1. The number of ether oxygens (including phenoxy) is 2. The molecular formula is C26H20O5. The second-order valence-electron chi connectivity index (χ2n) is 7.55. The Balaban J connectivity index is 1.40. The highest BCUT2D eigenvalue weighted by Crippen LogP contribution is 2.30. The number of hydrogen-bond donors (Lipinski definition) is 0. The minimum Gasteiger partial charge on any atom is -0.457 e. The first-order chi connectivity index (χ1) is 15.2. The van der Waals surface area contributed by atoms with Gasteiger partial charge in [0.05, 0.1) is 0 Å². The van der Waals surface area contributed by atoms with Crippen LogP contribution in [-0.4, -0.2) is 5.97 Å². The number of aryl methyl sites for hydroxylation is 2. The van der Waals surface area contributed by atoms with Crippen LogP contribution in [0.4, 0.5) is 0 Å². The van der Waals surface area contributed by atoms with Crippen molar-refractivity contribution < 1.29 is 18.7 Å². The largest absolute Gasteiger partial charge is 0.457 e. The third kappa shape index (κ3) is 3.94. The van der Waals surface area contributed by atoms with E-state index < -0.39 is 11.6 Å². The maximum Gasteiger partial charge on any atom is 0.342 e. The molecule has 5 rings (SSSR count). The lowest BCUT2D eigenvalue weighted by atomic mass is 10.0. The van der Waals surface area contributed by atoms with Crippen LogP contribution in [0, 0.1) is 0 Å². The maximum atomic E-state index is 12.8. The summed E-state index contributed by atoms with van der Waals surface area (Å²) in [5, 5.41) is 0.807. The Morgan fingerprint density at radius 3 is 2.48 bits per heavy atom. The van der Waals surface area contributed by atoms with E-state index in [1.165, 1.54) is 17.2 Å². The Bertz CT molecular complexity index is 1320. The predicted molar refractivity (Wildman–Crippen MR) is 117 cm³/mol. The summed E-state index contributed by atoms with van der Waals surface area (Å²) in [7, 11) is 0. The molecule has 5 heteroatoms. The molecule has 0 spiro atoms. The molecule has 1 heterocycles. The zero-order chi connectivity index (χ0) is 21.2. The Hall–Kier alpha value is -3.86. The van der Waals surface area contributed by atoms with E-state index in [0.29, 0.717) is 28.2 Å². The molecule has 0 N–H and O–H groups in total. The van der Waals surface area contributed by atoms with Crippen LogP contribution in [-0.2, 0) is 24.2 Å². The molecule has 4 aromatic rings. The van der Waals surface area contributed by atoms with E-state index in [2.05, 4.69) is 6.07 Å². The van der Waals surface area contributed by atoms with E-state index in [1.54, 1.807) is 24.3 Å². The van der Waals surface area contributed by atoms with Gasteiger partial charge < -0.3 is 13.9 Å². The molecule has 0 saturated heterocycles. The van der Waals surface area contributed by atoms with Gasteiger partial charge in [-0.15, -0.1) is 0 Å². The van der Waals surface area contributed by atoms with Gasteiger partial charge in [0.2, 0.25) is 0 Å². The van der Waals surface area contributed by atoms with Crippen molar-refractivity contribution in [2.24, 2.45) is 0 Å². The van der Waals surface area contributed by atoms with Gasteiger partial charge >= 0.3 is 11.6 Å². The van der Waals surface area contributed by atoms with Gasteiger partial charge in [-0.2, -0.15) is 0 Å². The van der Waals surface area contributed by atoms with Crippen molar-refractivity contribution in [2.75, 3.05) is 0 Å². The summed E-state index contributed by atoms with van der Waals surface area (Å²) in [6.45, 7) is -0.0284. The highest BCUT2D eigenvalue weighted by Gasteiger charge is 2.18. The molecule has 0 fully saturated rings. The summed E-state index contributed by atoms with van der Waals surface area (Å²) in [5.74, 6) is 0.520. The lowest BCUT2D eigenvalue weighted by molar-refractivity contribution is 0.0471. The van der Waals surface area contributed by atoms with Gasteiger partial charge in [0.25, 0.3) is 0 Å². The Kier molecular flexibility index (Phi) is 5.00. The molecule has 1 aromatic heterocycles. The molecule has 0 atom stereocenters. The number of rotatable bonds is 5. The lowest BCUT2D eigenvalue weighted by Gasteiger charge is -2.12. The van der Waals surface area contributed by atoms with Crippen molar-refractivity contribution in [1.82, 2.24) is 0 Å². The molecule has 31 heavy (non-hydrogen) atoms. The van der Waals surface area contributed by atoms with E-state index in [1.807, 2.05) is 36.4 Å². The number of hydrogen-bond acceptors (Lipinski definition) is 5. The summed E-state index contributed by atoms with van der Waals surface area (Å²) in [6, 6.07) is 21.6. The highest BCUT2D eigenvalue weighted by atomic mass is 16.5. The van der Waals surface area contributed by atoms with Crippen LogP contribution in [0.15, 0.2) is 82.0 Å². The van der Waals surface area contributed by atoms with Crippen LogP contribution in [0.5, 0.6) is 11.5 Å². The average Bonchev–Trinajstić information content (AvgIpc) is 3.24. The second kappa shape index (κ2) is 8.11. The number of benzene rings is 3. The van der Waals surface area contributed by atoms with Crippen molar-refractivity contribution >= 4 is 16.9 Å². The van der Waals surface area contributed by atoms with Gasteiger partial charge in [-0.3, -0.25) is 0 Å². The third-order valence-electron chi connectivity index (χ3n) is 5.48. The fraction of sp³-hybridized carbons (Fsp3) is 0.154. The van der Waals surface area contributed by atoms with Crippen LogP contribution in [0.2, 0.25) is 0 Å². The molecule has 5 nitrogen and oxygen atoms in total. The fourth-order valence-corrected chi connectivity index (χ4v) is 3.97. The van der Waals surface area contributed by atoms with Crippen LogP contribution in [0.1, 0.15) is 33.5 Å². The van der Waals surface area contributed by atoms with E-state index >= 15 is 0 Å². The van der Waals surface area contributed by atoms with Crippen molar-refractivity contribution in [3.63, 3.8) is 0 Å². The molecule has 1 aliphatic carbocycles. The smallest absolute Gasteiger partial charge is 0.342 e. The number of para-hydroxylation sites is 2. The van der Waals surface area contributed by atoms with Gasteiger partial charge in [0.1, 0.15) is 29.3 Å². The summed E-state index contributed by atoms with van der Waals surface area (Å²) >= 11 is 0. The first-order valence-electron chi connectivity index (χ1n) is 10.2. The monoisotopic (exact) mass is 412 g/mol. The molecule has 0 unspecified atom stereocenters. The zero-order valence-electron chi connectivity index (χ0n) is 16.8. The summed E-state index contributed by atoms with van der Waals surface area (Å²) in [5.41, 5.74) is 3.51. The molecule has 0 aliphatic heterocycles. The number of fused-ring (bicyclic) bond motifs is 2. The molecule has 0 amide bonds. The molecular weight excluding hydrogens is 392 g/mol. The minimum absolute atomic E-state index is 0.0284. The topological polar surface area (TPSA) is 65.7 Å². The van der Waals surface area contributed by atoms with E-state index in [9.17, 15) is 9.59 Å². The SMILES string of the molecule is O=C(OCc1cc(=O)oc2cc3c(cc12)CCC3)c1ccccc1Oc1ccccc1. The normalized spacial score (nSPS) is 12.5. The molecule has 3 aromatic carbocycles. The summed E-state index contributed by atoms with van der Waals surface area (Å²) < 4.78 is 16.8. The number of esters is 1. The van der Waals surface area contributed by atoms with Crippen molar-refractivity contribution in [1.29, 1.82) is 0 Å². The standard InChI is InChI=1S/C26H20O5/c27-25-15-19(22-13-17-7-6-8-18(17)14-24(22)31-25)16-29-26(28)21-11-4-5-12-23(21)30-20-9-2-1-3-10-20/h1-5,9-15H,6-8,16H2. The van der Waals surface area contributed by atoms with Crippen LogP contribution in [0.3, 0.4) is 0 Å². The van der Waals surface area contributed by atoms with E-state index in [4.69, 9.17) is 13.9 Å². The maximum absolute atomic E-state index is 12.8. The predicted octanol–water partition coefficient (Wildman–Crippen LogP) is 5.43. The Morgan fingerprint density at radius 2 is 1.65 bits per heavy atom. The Morgan fingerprint density at radius 1 is 0.903 bits per heavy atom. The molecule has 0 radical (unpaired) electrons. The van der Waals surface area contributed by atoms with Gasteiger partial charge in [0.15, 0.2) is 0 Å². The lowest BCUT2D eigenvalue weighted by Crippen LogP contribution is -2.09. The van der Waals surface area contributed by atoms with Crippen molar-refractivity contribution in [2.45, 2.75) is 25.9 Å². The average molecular weight is 412 g/mol. The van der Waals surface area contributed by atoms with Gasteiger partial charge in [-0.05, 0) is 66.8 Å². The fourth-order valence-electron chi connectivity index (χ4n) is 3.97. The van der Waals surface area contributed by atoms with Crippen molar-refractivity contribution in [3.05, 3.63) is 105 Å². The first-order valence-corrected chi connectivity index (χ1v) is 10.2. The Labute approximate surface area is 178 Å². The molecule has 154 valence electrons. The summed E-state index contributed by atoms with van der Waals surface area (Å²) in [4.78, 5) is 24.9. The van der Waals surface area contributed by atoms with Gasteiger partial charge in [0, 0.05) is 17.0 Å². The van der Waals surface area contributed by atoms with Crippen LogP contribution >= 0.6 is 0 Å². The number of carbonyl (C=O) groups excluding carboxylic acids is 1. The highest BCUT2D eigenvalue weighted by molar-refractivity contribution is 5.93.